The predicted molar refractivity (Wildman–Crippen MR) is 108 cm³/mol. The Bertz CT molecular complexity index is 953. The number of esters is 1. The van der Waals surface area contributed by atoms with Crippen molar-refractivity contribution in [1.82, 2.24) is 14.7 Å². The monoisotopic (exact) mass is 389 g/mol. The molecule has 4 rings (SSSR count). The summed E-state index contributed by atoms with van der Waals surface area (Å²) in [5, 5.41) is 4.19. The second-order valence-electron chi connectivity index (χ2n) is 7.20. The van der Waals surface area contributed by atoms with Crippen LogP contribution in [-0.2, 0) is 27.4 Å². The second-order valence-corrected chi connectivity index (χ2v) is 7.20. The lowest BCUT2D eigenvalue weighted by Crippen LogP contribution is -2.28. The first-order valence-electron chi connectivity index (χ1n) is 9.76. The average Bonchev–Trinajstić information content (AvgIpc) is 3.42. The molecule has 2 aromatic carbocycles. The zero-order chi connectivity index (χ0) is 20.1. The summed E-state index contributed by atoms with van der Waals surface area (Å²) in [7, 11) is 0. The summed E-state index contributed by atoms with van der Waals surface area (Å²) in [4.78, 5) is 26.4. The first kappa shape index (κ1) is 18.9. The van der Waals surface area contributed by atoms with Crippen molar-refractivity contribution < 1.29 is 14.3 Å². The van der Waals surface area contributed by atoms with E-state index >= 15 is 0 Å². The van der Waals surface area contributed by atoms with Gasteiger partial charge in [-0.1, -0.05) is 42.5 Å². The van der Waals surface area contributed by atoms with Crippen molar-refractivity contribution >= 4 is 11.9 Å². The number of rotatable bonds is 7. The lowest BCUT2D eigenvalue weighted by molar-refractivity contribution is -0.149. The van der Waals surface area contributed by atoms with Gasteiger partial charge in [-0.15, -0.1) is 0 Å². The van der Waals surface area contributed by atoms with Gasteiger partial charge in [0, 0.05) is 31.9 Å². The van der Waals surface area contributed by atoms with Gasteiger partial charge < -0.3 is 9.64 Å². The van der Waals surface area contributed by atoms with Gasteiger partial charge >= 0.3 is 5.97 Å². The average molecular weight is 389 g/mol. The van der Waals surface area contributed by atoms with Crippen LogP contribution in [-0.4, -0.2) is 39.6 Å². The molecule has 1 fully saturated rings. The Balaban J connectivity index is 1.26. The van der Waals surface area contributed by atoms with Crippen molar-refractivity contribution in [2.75, 3.05) is 13.1 Å². The fraction of sp³-hybridized carbons (Fsp3) is 0.261. The van der Waals surface area contributed by atoms with Gasteiger partial charge in [-0.3, -0.25) is 9.59 Å². The molecule has 1 aliphatic heterocycles. The quantitative estimate of drug-likeness (QED) is 0.583. The maximum absolute atomic E-state index is 12.4. The molecule has 0 radical (unpaired) electrons. The first-order valence-corrected chi connectivity index (χ1v) is 9.76. The molecule has 1 aromatic heterocycles. The third-order valence-corrected chi connectivity index (χ3v) is 5.15. The number of carbonyl (C=O) groups excluding carboxylic acids is 2. The molecular formula is C23H23N3O3. The normalized spacial score (nSPS) is 16.2. The number of benzene rings is 2. The van der Waals surface area contributed by atoms with Gasteiger partial charge in [-0.05, 0) is 35.7 Å². The highest BCUT2D eigenvalue weighted by atomic mass is 16.5. The lowest BCUT2D eigenvalue weighted by atomic mass is 10.1. The number of likely N-dealkylation sites (tertiary alicyclic amines) is 1. The minimum atomic E-state index is -0.387. The molecule has 6 heteroatoms. The number of carbonyl (C=O) groups is 2. The Morgan fingerprint density at radius 2 is 1.83 bits per heavy atom. The Morgan fingerprint density at radius 1 is 1.03 bits per heavy atom. The van der Waals surface area contributed by atoms with Gasteiger partial charge in [0.15, 0.2) is 0 Å². The summed E-state index contributed by atoms with van der Waals surface area (Å²) in [5.74, 6) is -0.676. The van der Waals surface area contributed by atoms with Crippen LogP contribution >= 0.6 is 0 Å². The highest BCUT2D eigenvalue weighted by Gasteiger charge is 2.35. The molecule has 0 spiro atoms. The predicted octanol–water partition coefficient (Wildman–Crippen LogP) is 3.01. The lowest BCUT2D eigenvalue weighted by Gasteiger charge is -2.16. The topological polar surface area (TPSA) is 64.4 Å². The summed E-state index contributed by atoms with van der Waals surface area (Å²) in [5.41, 5.74) is 3.03. The SMILES string of the molecule is O=C(OCc1ccc(-n2cccn2)cc1)C1CC(=O)N(CCc2ccccc2)C1. The number of hydrogen-bond donors (Lipinski definition) is 0. The number of aromatic nitrogens is 2. The van der Waals surface area contributed by atoms with Crippen LogP contribution in [0.3, 0.4) is 0 Å². The first-order chi connectivity index (χ1) is 14.2. The Labute approximate surface area is 169 Å². The van der Waals surface area contributed by atoms with Crippen LogP contribution < -0.4 is 0 Å². The van der Waals surface area contributed by atoms with Gasteiger partial charge in [0.2, 0.25) is 5.91 Å². The van der Waals surface area contributed by atoms with Crippen molar-refractivity contribution in [2.45, 2.75) is 19.4 Å². The van der Waals surface area contributed by atoms with Crippen LogP contribution in [0.1, 0.15) is 17.5 Å². The molecular weight excluding hydrogens is 366 g/mol. The van der Waals surface area contributed by atoms with Crippen LogP contribution in [0.15, 0.2) is 73.1 Å². The smallest absolute Gasteiger partial charge is 0.311 e. The van der Waals surface area contributed by atoms with E-state index in [0.29, 0.717) is 13.1 Å². The maximum Gasteiger partial charge on any atom is 0.311 e. The van der Waals surface area contributed by atoms with E-state index in [9.17, 15) is 9.59 Å². The van der Waals surface area contributed by atoms with Gasteiger partial charge in [-0.25, -0.2) is 4.68 Å². The summed E-state index contributed by atoms with van der Waals surface area (Å²) in [6, 6.07) is 19.6. The molecule has 0 bridgehead atoms. The second kappa shape index (κ2) is 8.73. The van der Waals surface area contributed by atoms with Crippen molar-refractivity contribution in [1.29, 1.82) is 0 Å². The Kier molecular flexibility index (Phi) is 5.70. The van der Waals surface area contributed by atoms with E-state index in [1.54, 1.807) is 15.8 Å². The minimum Gasteiger partial charge on any atom is -0.461 e. The van der Waals surface area contributed by atoms with E-state index in [1.807, 2.05) is 66.9 Å². The van der Waals surface area contributed by atoms with Crippen LogP contribution in [0, 0.1) is 5.92 Å². The summed E-state index contributed by atoms with van der Waals surface area (Å²) in [6.07, 6.45) is 4.61. The maximum atomic E-state index is 12.4. The molecule has 1 unspecified atom stereocenters. The molecule has 2 heterocycles. The van der Waals surface area contributed by atoms with Gasteiger partial charge in [-0.2, -0.15) is 5.10 Å². The molecule has 0 aliphatic carbocycles. The van der Waals surface area contributed by atoms with Crippen LogP contribution in [0.2, 0.25) is 0 Å². The van der Waals surface area contributed by atoms with Crippen molar-refractivity contribution in [3.63, 3.8) is 0 Å². The molecule has 29 heavy (non-hydrogen) atoms. The summed E-state index contributed by atoms with van der Waals surface area (Å²) < 4.78 is 7.23. The van der Waals surface area contributed by atoms with Gasteiger partial charge in [0.25, 0.3) is 0 Å². The van der Waals surface area contributed by atoms with Crippen LogP contribution in [0.25, 0.3) is 5.69 Å². The number of nitrogens with zero attached hydrogens (tertiary/aromatic N) is 3. The van der Waals surface area contributed by atoms with Gasteiger partial charge in [0.05, 0.1) is 11.6 Å². The summed E-state index contributed by atoms with van der Waals surface area (Å²) in [6.45, 7) is 1.26. The van der Waals surface area contributed by atoms with E-state index in [4.69, 9.17) is 4.74 Å². The molecule has 1 saturated heterocycles. The van der Waals surface area contributed by atoms with Crippen molar-refractivity contribution in [2.24, 2.45) is 5.92 Å². The van der Waals surface area contributed by atoms with Crippen LogP contribution in [0.5, 0.6) is 0 Å². The van der Waals surface area contributed by atoms with Crippen molar-refractivity contribution in [3.05, 3.63) is 84.2 Å². The van der Waals surface area contributed by atoms with E-state index in [-0.39, 0.29) is 30.8 Å². The summed E-state index contributed by atoms with van der Waals surface area (Å²) >= 11 is 0. The molecule has 0 N–H and O–H groups in total. The van der Waals surface area contributed by atoms with E-state index in [0.717, 1.165) is 17.7 Å². The van der Waals surface area contributed by atoms with Gasteiger partial charge in [0.1, 0.15) is 6.61 Å². The molecule has 6 nitrogen and oxygen atoms in total. The fourth-order valence-corrected chi connectivity index (χ4v) is 3.49. The Hall–Kier alpha value is -3.41. The third kappa shape index (κ3) is 4.71. The zero-order valence-electron chi connectivity index (χ0n) is 16.1. The molecule has 1 aliphatic rings. The van der Waals surface area contributed by atoms with Crippen molar-refractivity contribution in [3.8, 4) is 5.69 Å². The van der Waals surface area contributed by atoms with E-state index in [1.165, 1.54) is 5.56 Å². The molecule has 1 amide bonds. The van der Waals surface area contributed by atoms with E-state index in [2.05, 4.69) is 5.10 Å². The minimum absolute atomic E-state index is 0.0199. The Morgan fingerprint density at radius 3 is 2.55 bits per heavy atom. The number of amides is 1. The molecule has 148 valence electrons. The molecule has 0 saturated carbocycles. The molecule has 3 aromatic rings. The van der Waals surface area contributed by atoms with E-state index < -0.39 is 0 Å². The highest BCUT2D eigenvalue weighted by molar-refractivity contribution is 5.86. The third-order valence-electron chi connectivity index (χ3n) is 5.15. The fourth-order valence-electron chi connectivity index (χ4n) is 3.49. The largest absolute Gasteiger partial charge is 0.461 e. The number of hydrogen-bond acceptors (Lipinski definition) is 4. The van der Waals surface area contributed by atoms with Crippen LogP contribution in [0.4, 0.5) is 0 Å². The zero-order valence-corrected chi connectivity index (χ0v) is 16.1. The number of ether oxygens (including phenoxy) is 1. The standard InChI is InChI=1S/C23H23N3O3/c27-22-15-20(16-25(22)14-11-18-5-2-1-3-6-18)23(28)29-17-19-7-9-21(10-8-19)26-13-4-12-24-26/h1-10,12-13,20H,11,14-17H2. The highest BCUT2D eigenvalue weighted by Crippen LogP contribution is 2.20. The molecule has 1 atom stereocenters.